The Hall–Kier alpha value is -0.660. The van der Waals surface area contributed by atoms with Crippen molar-refractivity contribution in [3.05, 3.63) is 0 Å². The largest absolute Gasteiger partial charge is 0.480 e. The zero-order valence-corrected chi connectivity index (χ0v) is 12.1. The Balaban J connectivity index is 1.91. The number of hydrogen-bond acceptors (Lipinski definition) is 4. The third-order valence-electron chi connectivity index (χ3n) is 3.85. The molecule has 1 unspecified atom stereocenters. The molecule has 2 rings (SSSR count). The average Bonchev–Trinajstić information content (AvgIpc) is 3.10. The zero-order valence-electron chi connectivity index (χ0n) is 11.3. The van der Waals surface area contributed by atoms with Gasteiger partial charge in [0, 0.05) is 25.7 Å². The van der Waals surface area contributed by atoms with E-state index < -0.39 is 16.0 Å². The summed E-state index contributed by atoms with van der Waals surface area (Å²) in [5, 5.41) is 8.92. The Bertz CT molecular complexity index is 433. The number of aliphatic carboxylic acids is 1. The SMILES string of the molecule is CS(=O)(=O)N1CCCC(CN(CC(=O)O)C2CC2)C1. The summed E-state index contributed by atoms with van der Waals surface area (Å²) in [5.74, 6) is -0.550. The van der Waals surface area contributed by atoms with E-state index in [2.05, 4.69) is 0 Å². The van der Waals surface area contributed by atoms with E-state index in [4.69, 9.17) is 5.11 Å². The van der Waals surface area contributed by atoms with Crippen LogP contribution in [-0.2, 0) is 14.8 Å². The summed E-state index contributed by atoms with van der Waals surface area (Å²) in [4.78, 5) is 12.9. The van der Waals surface area contributed by atoms with Crippen molar-refractivity contribution < 1.29 is 18.3 Å². The molecule has 7 heteroatoms. The van der Waals surface area contributed by atoms with E-state index in [9.17, 15) is 13.2 Å². The third-order valence-corrected chi connectivity index (χ3v) is 5.11. The van der Waals surface area contributed by atoms with Gasteiger partial charge in [0.1, 0.15) is 0 Å². The molecule has 6 nitrogen and oxygen atoms in total. The standard InChI is InChI=1S/C12H22N2O4S/c1-19(17,18)14-6-2-3-10(8-14)7-13(9-12(15)16)11-4-5-11/h10-11H,2-9H2,1H3,(H,15,16). The Kier molecular flexibility index (Phi) is 4.47. The Labute approximate surface area is 114 Å². The van der Waals surface area contributed by atoms with Crippen molar-refractivity contribution in [3.63, 3.8) is 0 Å². The second-order valence-electron chi connectivity index (χ2n) is 5.68. The average molecular weight is 290 g/mol. The number of carbonyl (C=O) groups is 1. The van der Waals surface area contributed by atoms with Crippen molar-refractivity contribution in [2.45, 2.75) is 31.7 Å². The van der Waals surface area contributed by atoms with E-state index in [0.717, 1.165) is 25.7 Å². The lowest BCUT2D eigenvalue weighted by Gasteiger charge is -2.34. The molecule has 1 N–H and O–H groups in total. The van der Waals surface area contributed by atoms with Crippen molar-refractivity contribution in [1.29, 1.82) is 0 Å². The van der Waals surface area contributed by atoms with Gasteiger partial charge in [0.05, 0.1) is 12.8 Å². The van der Waals surface area contributed by atoms with Gasteiger partial charge in [0.25, 0.3) is 0 Å². The molecular weight excluding hydrogens is 268 g/mol. The molecule has 1 atom stereocenters. The summed E-state index contributed by atoms with van der Waals surface area (Å²) in [6.45, 7) is 1.89. The highest BCUT2D eigenvalue weighted by Crippen LogP contribution is 2.29. The summed E-state index contributed by atoms with van der Waals surface area (Å²) < 4.78 is 24.6. The van der Waals surface area contributed by atoms with Crippen LogP contribution in [0.5, 0.6) is 0 Å². The number of carboxylic acid groups (broad SMARTS) is 1. The number of rotatable bonds is 6. The van der Waals surface area contributed by atoms with Crippen LogP contribution < -0.4 is 0 Å². The van der Waals surface area contributed by atoms with Gasteiger partial charge < -0.3 is 5.11 Å². The molecule has 110 valence electrons. The summed E-state index contributed by atoms with van der Waals surface area (Å²) in [6, 6.07) is 0.393. The molecule has 2 aliphatic rings. The van der Waals surface area contributed by atoms with E-state index in [1.165, 1.54) is 10.6 Å². The molecule has 1 aliphatic carbocycles. The highest BCUT2D eigenvalue weighted by molar-refractivity contribution is 7.88. The van der Waals surface area contributed by atoms with Crippen molar-refractivity contribution in [1.82, 2.24) is 9.21 Å². The predicted octanol–water partition coefficient (Wildman–Crippen LogP) is 0.207. The summed E-state index contributed by atoms with van der Waals surface area (Å²) >= 11 is 0. The van der Waals surface area contributed by atoms with Crippen LogP contribution in [-0.4, -0.2) is 67.2 Å². The first-order valence-corrected chi connectivity index (χ1v) is 8.62. The normalized spacial score (nSPS) is 25.7. The molecule has 0 aromatic carbocycles. The van der Waals surface area contributed by atoms with Gasteiger partial charge in [-0.1, -0.05) is 0 Å². The number of sulfonamides is 1. The maximum atomic E-state index is 11.6. The van der Waals surface area contributed by atoms with Crippen molar-refractivity contribution in [3.8, 4) is 0 Å². The number of nitrogens with zero attached hydrogens (tertiary/aromatic N) is 2. The fourth-order valence-electron chi connectivity index (χ4n) is 2.76. The lowest BCUT2D eigenvalue weighted by molar-refractivity contribution is -0.138. The van der Waals surface area contributed by atoms with Gasteiger partial charge in [-0.2, -0.15) is 0 Å². The van der Waals surface area contributed by atoms with Gasteiger partial charge in [-0.05, 0) is 31.6 Å². The summed E-state index contributed by atoms with van der Waals surface area (Å²) in [5.41, 5.74) is 0. The van der Waals surface area contributed by atoms with Gasteiger partial charge in [0.2, 0.25) is 10.0 Å². The molecule has 19 heavy (non-hydrogen) atoms. The van der Waals surface area contributed by atoms with Crippen LogP contribution in [0.15, 0.2) is 0 Å². The van der Waals surface area contributed by atoms with Gasteiger partial charge in [0.15, 0.2) is 0 Å². The molecule has 1 saturated heterocycles. The van der Waals surface area contributed by atoms with E-state index >= 15 is 0 Å². The minimum Gasteiger partial charge on any atom is -0.480 e. The second kappa shape index (κ2) is 5.76. The molecule has 0 amide bonds. The fraction of sp³-hybridized carbons (Fsp3) is 0.917. The minimum atomic E-state index is -3.12. The monoisotopic (exact) mass is 290 g/mol. The van der Waals surface area contributed by atoms with E-state index in [1.54, 1.807) is 0 Å². The predicted molar refractivity (Wildman–Crippen MR) is 71.4 cm³/mol. The molecular formula is C12H22N2O4S. The minimum absolute atomic E-state index is 0.0695. The first kappa shape index (κ1) is 14.7. The highest BCUT2D eigenvalue weighted by Gasteiger charge is 2.34. The molecule has 1 aliphatic heterocycles. The number of carboxylic acids is 1. The van der Waals surface area contributed by atoms with E-state index in [0.29, 0.717) is 25.7 Å². The van der Waals surface area contributed by atoms with Gasteiger partial charge in [-0.15, -0.1) is 0 Å². The second-order valence-corrected chi connectivity index (χ2v) is 7.67. The maximum absolute atomic E-state index is 11.6. The van der Waals surface area contributed by atoms with Crippen LogP contribution >= 0.6 is 0 Å². The van der Waals surface area contributed by atoms with Gasteiger partial charge in [-0.3, -0.25) is 9.69 Å². The van der Waals surface area contributed by atoms with Crippen molar-refractivity contribution in [2.24, 2.45) is 5.92 Å². The molecule has 0 aromatic heterocycles. The maximum Gasteiger partial charge on any atom is 0.317 e. The fourth-order valence-corrected chi connectivity index (χ4v) is 3.71. The first-order chi connectivity index (χ1) is 8.86. The van der Waals surface area contributed by atoms with Gasteiger partial charge in [-0.25, -0.2) is 12.7 Å². The van der Waals surface area contributed by atoms with Crippen LogP contribution in [0.1, 0.15) is 25.7 Å². The highest BCUT2D eigenvalue weighted by atomic mass is 32.2. The molecule has 0 radical (unpaired) electrons. The Morgan fingerprint density at radius 3 is 2.58 bits per heavy atom. The van der Waals surface area contributed by atoms with Crippen LogP contribution in [0.4, 0.5) is 0 Å². The molecule has 2 fully saturated rings. The Morgan fingerprint density at radius 1 is 1.37 bits per heavy atom. The third kappa shape index (κ3) is 4.43. The summed E-state index contributed by atoms with van der Waals surface area (Å²) in [7, 11) is -3.12. The van der Waals surface area contributed by atoms with E-state index in [1.807, 2.05) is 4.90 Å². The van der Waals surface area contributed by atoms with Crippen LogP contribution in [0.2, 0.25) is 0 Å². The first-order valence-electron chi connectivity index (χ1n) is 6.77. The zero-order chi connectivity index (χ0) is 14.0. The topological polar surface area (TPSA) is 77.9 Å². The number of piperidine rings is 1. The lowest BCUT2D eigenvalue weighted by atomic mass is 9.99. The van der Waals surface area contributed by atoms with Crippen molar-refractivity contribution >= 4 is 16.0 Å². The van der Waals surface area contributed by atoms with Crippen LogP contribution in [0.25, 0.3) is 0 Å². The lowest BCUT2D eigenvalue weighted by Crippen LogP contribution is -2.44. The van der Waals surface area contributed by atoms with Gasteiger partial charge >= 0.3 is 5.97 Å². The number of hydrogen-bond donors (Lipinski definition) is 1. The molecule has 0 bridgehead atoms. The summed E-state index contributed by atoms with van der Waals surface area (Å²) in [6.07, 6.45) is 5.22. The molecule has 0 aromatic rings. The van der Waals surface area contributed by atoms with E-state index in [-0.39, 0.29) is 12.5 Å². The molecule has 1 saturated carbocycles. The van der Waals surface area contributed by atoms with Crippen LogP contribution in [0.3, 0.4) is 0 Å². The van der Waals surface area contributed by atoms with Crippen molar-refractivity contribution in [2.75, 3.05) is 32.4 Å². The molecule has 0 spiro atoms. The molecule has 1 heterocycles. The quantitative estimate of drug-likeness (QED) is 0.756. The smallest absolute Gasteiger partial charge is 0.317 e. The Morgan fingerprint density at radius 2 is 2.05 bits per heavy atom. The van der Waals surface area contributed by atoms with Crippen LogP contribution in [0, 0.1) is 5.92 Å².